The summed E-state index contributed by atoms with van der Waals surface area (Å²) in [5.41, 5.74) is 1.60. The molecule has 160 valence electrons. The Bertz CT molecular complexity index is 1340. The number of ether oxygens (including phenoxy) is 2. The third-order valence-electron chi connectivity index (χ3n) is 5.72. The third kappa shape index (κ3) is 3.33. The lowest BCUT2D eigenvalue weighted by molar-refractivity contribution is 0.354. The van der Waals surface area contributed by atoms with E-state index in [1.165, 1.54) is 0 Å². The standard InChI is InChI=1S/C22H22BrN5O3/c1-30-18-8-5-14(11-19(18)31-2)13-27-20(29)16-12-15(23)6-7-17(16)28-21(24-25-22(27)28)26-9-3-4-10-26/h5-8,11-12H,3-4,9-10,13H2,1-2H3. The molecule has 2 aromatic carbocycles. The number of methoxy groups -OCH3 is 2. The van der Waals surface area contributed by atoms with Crippen LogP contribution in [-0.2, 0) is 6.54 Å². The van der Waals surface area contributed by atoms with E-state index in [1.807, 2.05) is 40.8 Å². The summed E-state index contributed by atoms with van der Waals surface area (Å²) in [5.74, 6) is 2.56. The highest BCUT2D eigenvalue weighted by Crippen LogP contribution is 2.29. The number of benzene rings is 2. The molecule has 31 heavy (non-hydrogen) atoms. The molecule has 1 aliphatic heterocycles. The van der Waals surface area contributed by atoms with E-state index in [0.29, 0.717) is 29.2 Å². The maximum Gasteiger partial charge on any atom is 0.263 e. The van der Waals surface area contributed by atoms with Gasteiger partial charge in [-0.15, -0.1) is 10.2 Å². The molecule has 5 rings (SSSR count). The summed E-state index contributed by atoms with van der Waals surface area (Å²) < 4.78 is 15.3. The van der Waals surface area contributed by atoms with Gasteiger partial charge in [0.05, 0.1) is 31.7 Å². The van der Waals surface area contributed by atoms with Crippen LogP contribution in [0.4, 0.5) is 5.95 Å². The number of hydrogen-bond acceptors (Lipinski definition) is 6. The van der Waals surface area contributed by atoms with Crippen LogP contribution in [-0.4, -0.2) is 46.5 Å². The van der Waals surface area contributed by atoms with Crippen LogP contribution in [0.5, 0.6) is 11.5 Å². The van der Waals surface area contributed by atoms with Crippen LogP contribution in [0.15, 0.2) is 45.7 Å². The molecule has 1 aliphatic rings. The molecule has 1 fully saturated rings. The molecule has 0 N–H and O–H groups in total. The van der Waals surface area contributed by atoms with Crippen LogP contribution in [0.2, 0.25) is 0 Å². The van der Waals surface area contributed by atoms with Crippen molar-refractivity contribution < 1.29 is 9.47 Å². The van der Waals surface area contributed by atoms with E-state index >= 15 is 0 Å². The highest BCUT2D eigenvalue weighted by atomic mass is 79.9. The van der Waals surface area contributed by atoms with Gasteiger partial charge in [0, 0.05) is 17.6 Å². The lowest BCUT2D eigenvalue weighted by atomic mass is 10.2. The van der Waals surface area contributed by atoms with E-state index in [4.69, 9.17) is 9.47 Å². The summed E-state index contributed by atoms with van der Waals surface area (Å²) in [6, 6.07) is 11.4. The lowest BCUT2D eigenvalue weighted by Crippen LogP contribution is -2.26. The minimum Gasteiger partial charge on any atom is -0.493 e. The average molecular weight is 484 g/mol. The van der Waals surface area contributed by atoms with Gasteiger partial charge in [-0.05, 0) is 48.7 Å². The Kier molecular flexibility index (Phi) is 5.05. The Morgan fingerprint density at radius 3 is 2.52 bits per heavy atom. The van der Waals surface area contributed by atoms with Crippen molar-refractivity contribution in [3.05, 3.63) is 56.8 Å². The van der Waals surface area contributed by atoms with Gasteiger partial charge in [0.15, 0.2) is 11.5 Å². The number of fused-ring (bicyclic) bond motifs is 3. The van der Waals surface area contributed by atoms with Crippen LogP contribution < -0.4 is 19.9 Å². The summed E-state index contributed by atoms with van der Waals surface area (Å²) in [4.78, 5) is 15.7. The number of anilines is 1. The average Bonchev–Trinajstić information content (AvgIpc) is 3.46. The monoisotopic (exact) mass is 483 g/mol. The predicted octanol–water partition coefficient (Wildman–Crippen LogP) is 3.47. The molecule has 0 bridgehead atoms. The fourth-order valence-corrected chi connectivity index (χ4v) is 4.56. The molecular weight excluding hydrogens is 462 g/mol. The summed E-state index contributed by atoms with van der Waals surface area (Å²) in [6.45, 7) is 2.21. The van der Waals surface area contributed by atoms with Crippen LogP contribution >= 0.6 is 15.9 Å². The SMILES string of the molecule is COc1ccc(Cn2c(=O)c3cc(Br)ccc3n3c(N4CCCC4)nnc23)cc1OC. The second kappa shape index (κ2) is 7.88. The lowest BCUT2D eigenvalue weighted by Gasteiger charge is -2.17. The van der Waals surface area contributed by atoms with Gasteiger partial charge >= 0.3 is 0 Å². The summed E-state index contributed by atoms with van der Waals surface area (Å²) in [7, 11) is 3.20. The number of halogens is 1. The highest BCUT2D eigenvalue weighted by molar-refractivity contribution is 9.10. The molecule has 0 atom stereocenters. The maximum atomic E-state index is 13.5. The summed E-state index contributed by atoms with van der Waals surface area (Å²) in [6.07, 6.45) is 2.26. The normalized spacial score (nSPS) is 14.0. The molecule has 1 saturated heterocycles. The van der Waals surface area contributed by atoms with E-state index in [0.717, 1.165) is 47.4 Å². The summed E-state index contributed by atoms with van der Waals surface area (Å²) >= 11 is 3.50. The molecule has 0 radical (unpaired) electrons. The first kappa shape index (κ1) is 19.9. The van der Waals surface area contributed by atoms with E-state index < -0.39 is 0 Å². The fraction of sp³-hybridized carbons (Fsp3) is 0.318. The van der Waals surface area contributed by atoms with Crippen molar-refractivity contribution in [3.63, 3.8) is 0 Å². The zero-order chi connectivity index (χ0) is 21.5. The molecule has 4 aromatic rings. The minimum absolute atomic E-state index is 0.112. The molecule has 3 heterocycles. The van der Waals surface area contributed by atoms with E-state index in [9.17, 15) is 4.79 Å². The van der Waals surface area contributed by atoms with E-state index in [-0.39, 0.29) is 5.56 Å². The van der Waals surface area contributed by atoms with Crippen LogP contribution in [0.25, 0.3) is 16.7 Å². The quantitative estimate of drug-likeness (QED) is 0.432. The van der Waals surface area contributed by atoms with Gasteiger partial charge in [0.2, 0.25) is 11.7 Å². The van der Waals surface area contributed by atoms with Gasteiger partial charge in [0.1, 0.15) is 0 Å². The van der Waals surface area contributed by atoms with Crippen molar-refractivity contribution in [2.75, 3.05) is 32.2 Å². The molecule has 2 aromatic heterocycles. The Morgan fingerprint density at radius 1 is 1.00 bits per heavy atom. The smallest absolute Gasteiger partial charge is 0.263 e. The molecule has 0 saturated carbocycles. The molecule has 9 heteroatoms. The molecule has 0 spiro atoms. The third-order valence-corrected chi connectivity index (χ3v) is 6.22. The summed E-state index contributed by atoms with van der Waals surface area (Å²) in [5, 5.41) is 9.53. The van der Waals surface area contributed by atoms with Crippen molar-refractivity contribution in [2.24, 2.45) is 0 Å². The molecule has 0 unspecified atom stereocenters. The van der Waals surface area contributed by atoms with Gasteiger partial charge in [-0.2, -0.15) is 0 Å². The first-order chi connectivity index (χ1) is 15.1. The van der Waals surface area contributed by atoms with E-state index in [2.05, 4.69) is 31.0 Å². The number of hydrogen-bond donors (Lipinski definition) is 0. The van der Waals surface area contributed by atoms with Crippen LogP contribution in [0.3, 0.4) is 0 Å². The zero-order valence-electron chi connectivity index (χ0n) is 17.3. The van der Waals surface area contributed by atoms with Crippen LogP contribution in [0, 0.1) is 0 Å². The molecule has 0 aliphatic carbocycles. The van der Waals surface area contributed by atoms with E-state index in [1.54, 1.807) is 18.8 Å². The van der Waals surface area contributed by atoms with Gasteiger partial charge in [0.25, 0.3) is 5.56 Å². The van der Waals surface area contributed by atoms with Crippen LogP contribution in [0.1, 0.15) is 18.4 Å². The molecular formula is C22H22BrN5O3. The number of aromatic nitrogens is 4. The molecule has 0 amide bonds. The minimum atomic E-state index is -0.112. The first-order valence-corrected chi connectivity index (χ1v) is 10.9. The number of rotatable bonds is 5. The second-order valence-corrected chi connectivity index (χ2v) is 8.49. The second-order valence-electron chi connectivity index (χ2n) is 7.57. The number of nitrogens with zero attached hydrogens (tertiary/aromatic N) is 5. The first-order valence-electron chi connectivity index (χ1n) is 10.1. The van der Waals surface area contributed by atoms with Gasteiger partial charge in [-0.25, -0.2) is 4.40 Å². The zero-order valence-corrected chi connectivity index (χ0v) is 18.9. The van der Waals surface area contributed by atoms with Gasteiger partial charge in [-0.1, -0.05) is 22.0 Å². The highest BCUT2D eigenvalue weighted by Gasteiger charge is 2.23. The Labute approximate surface area is 187 Å². The van der Waals surface area contributed by atoms with Gasteiger partial charge in [-0.3, -0.25) is 9.36 Å². The van der Waals surface area contributed by atoms with Crippen molar-refractivity contribution in [2.45, 2.75) is 19.4 Å². The Morgan fingerprint density at radius 2 is 1.77 bits per heavy atom. The maximum absolute atomic E-state index is 13.5. The van der Waals surface area contributed by atoms with Crippen molar-refractivity contribution >= 4 is 38.6 Å². The largest absolute Gasteiger partial charge is 0.493 e. The Balaban J connectivity index is 1.74. The topological polar surface area (TPSA) is 73.9 Å². The van der Waals surface area contributed by atoms with Gasteiger partial charge < -0.3 is 14.4 Å². The van der Waals surface area contributed by atoms with Crippen molar-refractivity contribution in [3.8, 4) is 11.5 Å². The fourth-order valence-electron chi connectivity index (χ4n) is 4.20. The Hall–Kier alpha value is -3.07. The predicted molar refractivity (Wildman–Crippen MR) is 123 cm³/mol. The molecule has 8 nitrogen and oxygen atoms in total. The van der Waals surface area contributed by atoms with Crippen molar-refractivity contribution in [1.82, 2.24) is 19.2 Å². The van der Waals surface area contributed by atoms with Crippen molar-refractivity contribution in [1.29, 1.82) is 0 Å².